The van der Waals surface area contributed by atoms with Crippen LogP contribution in [0, 0.1) is 13.8 Å². The van der Waals surface area contributed by atoms with Gasteiger partial charge in [-0.05, 0) is 61.4 Å². The van der Waals surface area contributed by atoms with Gasteiger partial charge in [0, 0.05) is 16.1 Å². The minimum absolute atomic E-state index is 0.295. The first kappa shape index (κ1) is 23.1. The predicted octanol–water partition coefficient (Wildman–Crippen LogP) is 5.65. The molecule has 0 amide bonds. The van der Waals surface area contributed by atoms with Gasteiger partial charge in [-0.1, -0.05) is 11.6 Å². The van der Waals surface area contributed by atoms with Gasteiger partial charge in [0.15, 0.2) is 11.5 Å². The fourth-order valence-corrected chi connectivity index (χ4v) is 5.02. The summed E-state index contributed by atoms with van der Waals surface area (Å²) in [7, 11) is 2.98. The number of hydrogen-bond donors (Lipinski definition) is 0. The number of carbonyl (C=O) groups is 1. The van der Waals surface area contributed by atoms with Crippen LogP contribution in [0.15, 0.2) is 42.7 Å². The highest BCUT2D eigenvalue weighted by atomic mass is 35.5. The van der Waals surface area contributed by atoms with Crippen molar-refractivity contribution in [2.45, 2.75) is 20.5 Å². The van der Waals surface area contributed by atoms with Crippen LogP contribution in [0.3, 0.4) is 0 Å². The van der Waals surface area contributed by atoms with E-state index in [2.05, 4.69) is 10.1 Å². The number of methoxy groups -OCH3 is 2. The Morgan fingerprint density at radius 1 is 1.14 bits per heavy atom. The van der Waals surface area contributed by atoms with Gasteiger partial charge < -0.3 is 14.2 Å². The van der Waals surface area contributed by atoms with Gasteiger partial charge in [-0.2, -0.15) is 0 Å². The molecule has 0 aliphatic rings. The first-order valence-corrected chi connectivity index (χ1v) is 11.9. The fourth-order valence-electron chi connectivity index (χ4n) is 3.84. The lowest BCUT2D eigenvalue weighted by Gasteiger charge is -2.12. The molecule has 3 aromatic heterocycles. The molecule has 0 saturated carbocycles. The van der Waals surface area contributed by atoms with Crippen molar-refractivity contribution in [3.05, 3.63) is 69.3 Å². The van der Waals surface area contributed by atoms with Crippen molar-refractivity contribution in [2.75, 3.05) is 14.2 Å². The average Bonchev–Trinajstić information content (AvgIpc) is 3.45. The summed E-state index contributed by atoms with van der Waals surface area (Å²) in [5.74, 6) is 1.55. The summed E-state index contributed by atoms with van der Waals surface area (Å²) in [4.78, 5) is 22.6. The van der Waals surface area contributed by atoms with Gasteiger partial charge in [0.05, 0.1) is 19.6 Å². The second-order valence-corrected chi connectivity index (χ2v) is 9.31. The van der Waals surface area contributed by atoms with Crippen molar-refractivity contribution < 1.29 is 19.0 Å². The van der Waals surface area contributed by atoms with E-state index in [0.717, 1.165) is 27.6 Å². The normalized spacial score (nSPS) is 11.2. The quantitative estimate of drug-likeness (QED) is 0.274. The van der Waals surface area contributed by atoms with Gasteiger partial charge in [-0.25, -0.2) is 19.3 Å². The van der Waals surface area contributed by atoms with Crippen molar-refractivity contribution >= 4 is 44.8 Å². The standard InChI is InChI=1S/C25H21ClN4O4S/c1-13-9-17(6-7-18(13)26)34-11-16-10-15(5-8-19(16)32-3)22-28-23-20-14(2)21(25(31)33-4)35-24(20)27-12-30(23)29-22/h5-10,12H,11H2,1-4H3. The number of rotatable bonds is 6. The molecule has 0 spiro atoms. The van der Waals surface area contributed by atoms with Crippen LogP contribution in [0.2, 0.25) is 5.02 Å². The smallest absolute Gasteiger partial charge is 0.348 e. The zero-order valence-electron chi connectivity index (χ0n) is 19.5. The first-order chi connectivity index (χ1) is 16.9. The summed E-state index contributed by atoms with van der Waals surface area (Å²) >= 11 is 7.40. The summed E-state index contributed by atoms with van der Waals surface area (Å²) in [6, 6.07) is 11.3. The molecule has 0 fully saturated rings. The molecule has 2 aromatic carbocycles. The molecule has 0 N–H and O–H groups in total. The average molecular weight is 509 g/mol. The highest BCUT2D eigenvalue weighted by molar-refractivity contribution is 7.20. The Kier molecular flexibility index (Phi) is 6.04. The molecule has 0 atom stereocenters. The molecule has 0 radical (unpaired) electrons. The van der Waals surface area contributed by atoms with Gasteiger partial charge in [0.1, 0.15) is 34.1 Å². The third-order valence-corrected chi connectivity index (χ3v) is 7.30. The van der Waals surface area contributed by atoms with E-state index in [0.29, 0.717) is 44.3 Å². The van der Waals surface area contributed by atoms with Crippen molar-refractivity contribution in [2.24, 2.45) is 0 Å². The largest absolute Gasteiger partial charge is 0.496 e. The van der Waals surface area contributed by atoms with E-state index in [-0.39, 0.29) is 5.97 Å². The number of nitrogens with zero attached hydrogens (tertiary/aromatic N) is 4. The van der Waals surface area contributed by atoms with Crippen LogP contribution in [0.25, 0.3) is 27.3 Å². The van der Waals surface area contributed by atoms with Crippen molar-refractivity contribution in [1.29, 1.82) is 0 Å². The summed E-state index contributed by atoms with van der Waals surface area (Å²) in [5.41, 5.74) is 3.99. The fraction of sp³-hybridized carbons (Fsp3) is 0.200. The lowest BCUT2D eigenvalue weighted by Crippen LogP contribution is -2.00. The lowest BCUT2D eigenvalue weighted by molar-refractivity contribution is 0.0605. The number of esters is 1. The minimum Gasteiger partial charge on any atom is -0.496 e. The summed E-state index contributed by atoms with van der Waals surface area (Å²) in [6.45, 7) is 4.09. The van der Waals surface area contributed by atoms with E-state index in [9.17, 15) is 4.79 Å². The van der Waals surface area contributed by atoms with Crippen molar-refractivity contribution in [3.63, 3.8) is 0 Å². The Bertz CT molecular complexity index is 1590. The monoisotopic (exact) mass is 508 g/mol. The van der Waals surface area contributed by atoms with Crippen LogP contribution >= 0.6 is 22.9 Å². The second-order valence-electron chi connectivity index (χ2n) is 7.90. The van der Waals surface area contributed by atoms with Crippen LogP contribution in [-0.2, 0) is 11.3 Å². The SMILES string of the molecule is COC(=O)c1sc2ncn3nc(-c4ccc(OC)c(COc5ccc(Cl)c(C)c5)c4)nc3c2c1C. The maximum absolute atomic E-state index is 12.2. The third kappa shape index (κ3) is 4.17. The molecule has 5 rings (SSSR count). The van der Waals surface area contributed by atoms with Crippen molar-refractivity contribution in [1.82, 2.24) is 19.6 Å². The van der Waals surface area contributed by atoms with Crippen LogP contribution in [-0.4, -0.2) is 39.8 Å². The zero-order valence-corrected chi connectivity index (χ0v) is 21.0. The highest BCUT2D eigenvalue weighted by Gasteiger charge is 2.21. The molecular formula is C25H21ClN4O4S. The number of halogens is 1. The van der Waals surface area contributed by atoms with Gasteiger partial charge in [-0.3, -0.25) is 0 Å². The van der Waals surface area contributed by atoms with Crippen molar-refractivity contribution in [3.8, 4) is 22.9 Å². The molecule has 5 aromatic rings. The van der Waals surface area contributed by atoms with E-state index < -0.39 is 0 Å². The van der Waals surface area contributed by atoms with Gasteiger partial charge in [0.2, 0.25) is 0 Å². The molecule has 8 nitrogen and oxygen atoms in total. The number of aromatic nitrogens is 4. The summed E-state index contributed by atoms with van der Waals surface area (Å²) in [5, 5.41) is 6.10. The molecule has 35 heavy (non-hydrogen) atoms. The second kappa shape index (κ2) is 9.16. The molecular weight excluding hydrogens is 488 g/mol. The van der Waals surface area contributed by atoms with E-state index in [1.54, 1.807) is 18.0 Å². The molecule has 10 heteroatoms. The van der Waals surface area contributed by atoms with E-state index in [1.807, 2.05) is 50.2 Å². The first-order valence-electron chi connectivity index (χ1n) is 10.7. The molecule has 0 saturated heterocycles. The Morgan fingerprint density at radius 3 is 2.71 bits per heavy atom. The molecule has 178 valence electrons. The molecule has 0 aliphatic heterocycles. The van der Waals surface area contributed by atoms with Crippen LogP contribution in [0.1, 0.15) is 26.4 Å². The Balaban J connectivity index is 1.52. The number of benzene rings is 2. The molecule has 0 unspecified atom stereocenters. The lowest BCUT2D eigenvalue weighted by atomic mass is 10.1. The zero-order chi connectivity index (χ0) is 24.7. The number of hydrogen-bond acceptors (Lipinski definition) is 8. The van der Waals surface area contributed by atoms with Gasteiger partial charge in [0.25, 0.3) is 0 Å². The van der Waals surface area contributed by atoms with Crippen LogP contribution < -0.4 is 9.47 Å². The number of aryl methyl sites for hydroxylation is 2. The molecule has 0 aliphatic carbocycles. The maximum Gasteiger partial charge on any atom is 0.348 e. The topological polar surface area (TPSA) is 87.8 Å². The number of ether oxygens (including phenoxy) is 3. The highest BCUT2D eigenvalue weighted by Crippen LogP contribution is 2.33. The summed E-state index contributed by atoms with van der Waals surface area (Å²) < 4.78 is 18.1. The van der Waals surface area contributed by atoms with E-state index >= 15 is 0 Å². The number of carbonyl (C=O) groups excluding carboxylic acids is 1. The molecule has 3 heterocycles. The van der Waals surface area contributed by atoms with E-state index in [1.165, 1.54) is 18.4 Å². The van der Waals surface area contributed by atoms with Gasteiger partial charge in [-0.15, -0.1) is 16.4 Å². The Morgan fingerprint density at radius 2 is 1.97 bits per heavy atom. The van der Waals surface area contributed by atoms with Crippen LogP contribution in [0.5, 0.6) is 11.5 Å². The third-order valence-electron chi connectivity index (χ3n) is 5.70. The van der Waals surface area contributed by atoms with E-state index in [4.69, 9.17) is 30.8 Å². The maximum atomic E-state index is 12.2. The summed E-state index contributed by atoms with van der Waals surface area (Å²) in [6.07, 6.45) is 1.60. The Hall–Kier alpha value is -3.69. The number of fused-ring (bicyclic) bond motifs is 3. The minimum atomic E-state index is -0.390. The van der Waals surface area contributed by atoms with Crippen LogP contribution in [0.4, 0.5) is 0 Å². The predicted molar refractivity (Wildman–Crippen MR) is 135 cm³/mol. The Labute approximate surface area is 210 Å². The molecule has 0 bridgehead atoms. The number of thiophene rings is 1. The van der Waals surface area contributed by atoms with Gasteiger partial charge >= 0.3 is 5.97 Å².